The zero-order valence-corrected chi connectivity index (χ0v) is 13.6. The maximum atomic E-state index is 13.6. The van der Waals surface area contributed by atoms with Crippen molar-refractivity contribution in [1.82, 2.24) is 9.80 Å². The van der Waals surface area contributed by atoms with Crippen LogP contribution in [0.15, 0.2) is 36.4 Å². The lowest BCUT2D eigenvalue weighted by Crippen LogP contribution is -2.37. The maximum Gasteiger partial charge on any atom is 0.237 e. The first-order valence-corrected chi connectivity index (χ1v) is 7.59. The molecule has 2 aromatic rings. The lowest BCUT2D eigenvalue weighted by atomic mass is 10.1. The van der Waals surface area contributed by atoms with E-state index in [9.17, 15) is 13.6 Å². The van der Waals surface area contributed by atoms with E-state index < -0.39 is 11.6 Å². The number of hydrogen-bond acceptors (Lipinski definition) is 3. The normalized spacial score (nSPS) is 13.6. The largest absolute Gasteiger partial charge is 0.457 e. The summed E-state index contributed by atoms with van der Waals surface area (Å²) in [5, 5.41) is 0. The first kappa shape index (κ1) is 16.4. The van der Waals surface area contributed by atoms with Gasteiger partial charge in [0.15, 0.2) is 0 Å². The standard InChI is InChI=1S/C18H18F2N2O2/c1-21(2)11-18(23)22-9-12-3-4-15(20)8-17(12)24-16-6-5-14(19)7-13(16)10-22/h3-8H,9-11H2,1-2H3. The summed E-state index contributed by atoms with van der Waals surface area (Å²) < 4.78 is 32.9. The van der Waals surface area contributed by atoms with Crippen molar-refractivity contribution in [3.8, 4) is 11.5 Å². The molecule has 24 heavy (non-hydrogen) atoms. The number of carbonyl (C=O) groups is 1. The summed E-state index contributed by atoms with van der Waals surface area (Å²) in [6, 6.07) is 8.35. The minimum Gasteiger partial charge on any atom is -0.457 e. The number of halogens is 2. The third kappa shape index (κ3) is 3.54. The highest BCUT2D eigenvalue weighted by molar-refractivity contribution is 5.78. The second kappa shape index (κ2) is 6.57. The van der Waals surface area contributed by atoms with Crippen molar-refractivity contribution in [2.24, 2.45) is 0 Å². The first-order chi connectivity index (χ1) is 11.4. The molecule has 1 aliphatic heterocycles. The van der Waals surface area contributed by atoms with Gasteiger partial charge in [0.25, 0.3) is 0 Å². The Kier molecular flexibility index (Phi) is 4.49. The van der Waals surface area contributed by atoms with E-state index in [1.54, 1.807) is 15.9 Å². The van der Waals surface area contributed by atoms with Gasteiger partial charge in [-0.25, -0.2) is 8.78 Å². The number of benzene rings is 2. The number of carbonyl (C=O) groups excluding carboxylic acids is 1. The summed E-state index contributed by atoms with van der Waals surface area (Å²) in [4.78, 5) is 15.9. The number of nitrogens with zero attached hydrogens (tertiary/aromatic N) is 2. The van der Waals surface area contributed by atoms with Gasteiger partial charge in [-0.05, 0) is 38.4 Å². The average molecular weight is 332 g/mol. The van der Waals surface area contributed by atoms with E-state index in [-0.39, 0.29) is 25.5 Å². The lowest BCUT2D eigenvalue weighted by molar-refractivity contribution is -0.133. The maximum absolute atomic E-state index is 13.6. The Morgan fingerprint density at radius 2 is 1.71 bits per heavy atom. The summed E-state index contributed by atoms with van der Waals surface area (Å²) in [6.45, 7) is 0.747. The molecule has 0 radical (unpaired) electrons. The number of amides is 1. The third-order valence-corrected chi connectivity index (χ3v) is 3.80. The van der Waals surface area contributed by atoms with Crippen LogP contribution in [0.25, 0.3) is 0 Å². The Balaban J connectivity index is 2.04. The zero-order chi connectivity index (χ0) is 17.3. The van der Waals surface area contributed by atoms with Crippen molar-refractivity contribution in [3.63, 3.8) is 0 Å². The monoisotopic (exact) mass is 332 g/mol. The first-order valence-electron chi connectivity index (χ1n) is 7.59. The molecule has 0 atom stereocenters. The Labute approximate surface area is 139 Å². The number of rotatable bonds is 2. The Bertz CT molecular complexity index is 778. The van der Waals surface area contributed by atoms with Crippen LogP contribution in [0.4, 0.5) is 8.78 Å². The molecule has 0 bridgehead atoms. The van der Waals surface area contributed by atoms with Crippen molar-refractivity contribution in [3.05, 3.63) is 59.2 Å². The highest BCUT2D eigenvalue weighted by atomic mass is 19.1. The van der Waals surface area contributed by atoms with E-state index in [4.69, 9.17) is 4.74 Å². The van der Waals surface area contributed by atoms with Crippen LogP contribution >= 0.6 is 0 Å². The van der Waals surface area contributed by atoms with E-state index >= 15 is 0 Å². The molecule has 0 aliphatic carbocycles. The predicted molar refractivity (Wildman–Crippen MR) is 85.7 cm³/mol. The van der Waals surface area contributed by atoms with Gasteiger partial charge >= 0.3 is 0 Å². The fraction of sp³-hybridized carbons (Fsp3) is 0.278. The van der Waals surface area contributed by atoms with Gasteiger partial charge < -0.3 is 14.5 Å². The molecule has 2 aromatic carbocycles. The Hall–Kier alpha value is -2.47. The summed E-state index contributed by atoms with van der Waals surface area (Å²) in [6.07, 6.45) is 0. The molecule has 126 valence electrons. The van der Waals surface area contributed by atoms with E-state index in [1.807, 2.05) is 14.1 Å². The molecule has 4 nitrogen and oxygen atoms in total. The second-order valence-corrected chi connectivity index (χ2v) is 6.09. The molecular weight excluding hydrogens is 314 g/mol. The van der Waals surface area contributed by atoms with Gasteiger partial charge in [0.1, 0.15) is 23.1 Å². The molecule has 0 N–H and O–H groups in total. The van der Waals surface area contributed by atoms with Crippen LogP contribution in [0, 0.1) is 11.6 Å². The molecule has 1 aliphatic rings. The Morgan fingerprint density at radius 1 is 1.04 bits per heavy atom. The molecule has 1 heterocycles. The minimum absolute atomic E-state index is 0.0904. The zero-order valence-electron chi connectivity index (χ0n) is 13.6. The van der Waals surface area contributed by atoms with E-state index in [0.29, 0.717) is 22.6 Å². The van der Waals surface area contributed by atoms with Gasteiger partial charge in [0.05, 0.1) is 6.54 Å². The van der Waals surface area contributed by atoms with Crippen molar-refractivity contribution in [1.29, 1.82) is 0 Å². The number of fused-ring (bicyclic) bond motifs is 2. The van der Waals surface area contributed by atoms with Crippen LogP contribution in [-0.2, 0) is 17.9 Å². The summed E-state index contributed by atoms with van der Waals surface area (Å²) in [5.74, 6) is -0.162. The molecule has 6 heteroatoms. The topological polar surface area (TPSA) is 32.8 Å². The van der Waals surface area contributed by atoms with Gasteiger partial charge in [-0.3, -0.25) is 4.79 Å². The van der Waals surface area contributed by atoms with Crippen LogP contribution in [0.1, 0.15) is 11.1 Å². The van der Waals surface area contributed by atoms with Crippen molar-refractivity contribution < 1.29 is 18.3 Å². The fourth-order valence-electron chi connectivity index (χ4n) is 2.66. The highest BCUT2D eigenvalue weighted by Gasteiger charge is 2.23. The SMILES string of the molecule is CN(C)CC(=O)N1Cc2cc(F)ccc2Oc2cc(F)ccc2C1. The number of likely N-dealkylation sites (N-methyl/N-ethyl adjacent to an activating group) is 1. The summed E-state index contributed by atoms with van der Waals surface area (Å²) in [7, 11) is 3.62. The van der Waals surface area contributed by atoms with Crippen molar-refractivity contribution >= 4 is 5.91 Å². The molecule has 0 aromatic heterocycles. The molecule has 3 rings (SSSR count). The van der Waals surface area contributed by atoms with Gasteiger partial charge in [0.2, 0.25) is 5.91 Å². The lowest BCUT2D eigenvalue weighted by Gasteiger charge is -2.28. The Morgan fingerprint density at radius 3 is 2.46 bits per heavy atom. The van der Waals surface area contributed by atoms with Crippen LogP contribution in [0.2, 0.25) is 0 Å². The van der Waals surface area contributed by atoms with Gasteiger partial charge in [0, 0.05) is 30.3 Å². The van der Waals surface area contributed by atoms with Crippen molar-refractivity contribution in [2.45, 2.75) is 13.1 Å². The molecule has 0 spiro atoms. The fourth-order valence-corrected chi connectivity index (χ4v) is 2.66. The third-order valence-electron chi connectivity index (χ3n) is 3.80. The molecule has 0 fully saturated rings. The molecule has 0 saturated carbocycles. The van der Waals surface area contributed by atoms with Crippen LogP contribution < -0.4 is 4.74 Å². The molecule has 0 saturated heterocycles. The smallest absolute Gasteiger partial charge is 0.237 e. The van der Waals surface area contributed by atoms with Crippen molar-refractivity contribution in [2.75, 3.05) is 20.6 Å². The molecule has 0 unspecified atom stereocenters. The highest BCUT2D eigenvalue weighted by Crippen LogP contribution is 2.33. The number of ether oxygens (including phenoxy) is 1. The minimum atomic E-state index is -0.427. The predicted octanol–water partition coefficient (Wildman–Crippen LogP) is 3.16. The van der Waals surface area contributed by atoms with E-state index in [1.165, 1.54) is 30.3 Å². The second-order valence-electron chi connectivity index (χ2n) is 6.09. The molecule has 1 amide bonds. The van der Waals surface area contributed by atoms with Gasteiger partial charge in [-0.2, -0.15) is 0 Å². The average Bonchev–Trinajstić information content (AvgIpc) is 2.48. The van der Waals surface area contributed by atoms with Crippen LogP contribution in [0.5, 0.6) is 11.5 Å². The van der Waals surface area contributed by atoms with E-state index in [2.05, 4.69) is 0 Å². The summed E-state index contributed by atoms with van der Waals surface area (Å²) >= 11 is 0. The quantitative estimate of drug-likeness (QED) is 0.847. The van der Waals surface area contributed by atoms with Gasteiger partial charge in [-0.1, -0.05) is 6.07 Å². The van der Waals surface area contributed by atoms with Gasteiger partial charge in [-0.15, -0.1) is 0 Å². The number of hydrogen-bond donors (Lipinski definition) is 0. The van der Waals surface area contributed by atoms with Crippen LogP contribution in [0.3, 0.4) is 0 Å². The summed E-state index contributed by atoms with van der Waals surface area (Å²) in [5.41, 5.74) is 1.26. The molecular formula is C18H18F2N2O2. The van der Waals surface area contributed by atoms with E-state index in [0.717, 1.165) is 0 Å². The van der Waals surface area contributed by atoms with Crippen LogP contribution in [-0.4, -0.2) is 36.3 Å².